The minimum atomic E-state index is -0.0128. The highest BCUT2D eigenvalue weighted by molar-refractivity contribution is 5.76. The quantitative estimate of drug-likeness (QED) is 0.664. The molecule has 1 fully saturated rings. The van der Waals surface area contributed by atoms with Gasteiger partial charge in [-0.25, -0.2) is 0 Å². The Bertz CT molecular complexity index is 1080. The third kappa shape index (κ3) is 3.49. The molecule has 2 aliphatic heterocycles. The van der Waals surface area contributed by atoms with E-state index in [1.54, 1.807) is 0 Å². The van der Waals surface area contributed by atoms with Gasteiger partial charge in [0.25, 0.3) is 0 Å². The Labute approximate surface area is 174 Å². The van der Waals surface area contributed by atoms with Gasteiger partial charge in [0, 0.05) is 12.1 Å². The van der Waals surface area contributed by atoms with Crippen molar-refractivity contribution in [3.63, 3.8) is 0 Å². The summed E-state index contributed by atoms with van der Waals surface area (Å²) in [6, 6.07) is 13.8. The van der Waals surface area contributed by atoms with E-state index in [0.29, 0.717) is 19.0 Å². The third-order valence-electron chi connectivity index (χ3n) is 5.64. The molecule has 0 aliphatic carbocycles. The Kier molecular flexibility index (Phi) is 4.82. The summed E-state index contributed by atoms with van der Waals surface area (Å²) < 4.78 is 11.3. The SMILES string of the molecule is Cc1ccccc1-c1nnn(CC(=O)N2CCC[C@H]2c2ccc3c(c2)OCCO3)n1. The van der Waals surface area contributed by atoms with Crippen LogP contribution in [0.25, 0.3) is 11.4 Å². The fraction of sp³-hybridized carbons (Fsp3) is 0.364. The van der Waals surface area contributed by atoms with Gasteiger partial charge < -0.3 is 14.4 Å². The number of carbonyl (C=O) groups is 1. The summed E-state index contributed by atoms with van der Waals surface area (Å²) in [6.07, 6.45) is 1.88. The van der Waals surface area contributed by atoms with E-state index < -0.39 is 0 Å². The lowest BCUT2D eigenvalue weighted by atomic mass is 10.0. The summed E-state index contributed by atoms with van der Waals surface area (Å²) in [5, 5.41) is 12.6. The van der Waals surface area contributed by atoms with Gasteiger partial charge in [0.2, 0.25) is 11.7 Å². The van der Waals surface area contributed by atoms with Gasteiger partial charge in [0.05, 0.1) is 6.04 Å². The molecule has 5 rings (SSSR count). The average molecular weight is 405 g/mol. The zero-order chi connectivity index (χ0) is 20.5. The summed E-state index contributed by atoms with van der Waals surface area (Å²) in [6.45, 7) is 3.90. The molecule has 8 heteroatoms. The summed E-state index contributed by atoms with van der Waals surface area (Å²) in [7, 11) is 0. The maximum absolute atomic E-state index is 13.0. The number of aromatic nitrogens is 4. The first-order chi connectivity index (χ1) is 14.7. The summed E-state index contributed by atoms with van der Waals surface area (Å²) >= 11 is 0. The molecule has 0 unspecified atom stereocenters. The standard InChI is InChI=1S/C22H23N5O3/c1-15-5-2-3-6-17(15)22-23-25-27(24-22)14-21(28)26-10-4-7-18(26)16-8-9-19-20(13-16)30-12-11-29-19/h2-3,5-6,8-9,13,18H,4,7,10-12,14H2,1H3/t18-/m0/s1. The van der Waals surface area contributed by atoms with E-state index in [1.165, 1.54) is 4.80 Å². The minimum absolute atomic E-state index is 0.0128. The fourth-order valence-corrected chi connectivity index (χ4v) is 4.13. The van der Waals surface area contributed by atoms with Crippen molar-refractivity contribution in [1.82, 2.24) is 25.1 Å². The highest BCUT2D eigenvalue weighted by Gasteiger charge is 2.31. The van der Waals surface area contributed by atoms with Crippen molar-refractivity contribution in [1.29, 1.82) is 0 Å². The zero-order valence-corrected chi connectivity index (χ0v) is 16.8. The number of benzene rings is 2. The second-order valence-electron chi connectivity index (χ2n) is 7.61. The molecule has 1 aromatic heterocycles. The molecule has 8 nitrogen and oxygen atoms in total. The van der Waals surface area contributed by atoms with Crippen molar-refractivity contribution in [3.05, 3.63) is 53.6 Å². The van der Waals surface area contributed by atoms with Crippen LogP contribution in [-0.2, 0) is 11.3 Å². The van der Waals surface area contributed by atoms with Crippen LogP contribution in [0.15, 0.2) is 42.5 Å². The number of likely N-dealkylation sites (tertiary alicyclic amines) is 1. The number of aryl methyl sites for hydroxylation is 1. The normalized spacial score (nSPS) is 17.9. The molecule has 30 heavy (non-hydrogen) atoms. The molecule has 2 aromatic carbocycles. The number of amides is 1. The maximum Gasteiger partial charge on any atom is 0.246 e. The van der Waals surface area contributed by atoms with Crippen molar-refractivity contribution in [3.8, 4) is 22.9 Å². The zero-order valence-electron chi connectivity index (χ0n) is 16.8. The van der Waals surface area contributed by atoms with E-state index in [0.717, 1.165) is 47.6 Å². The van der Waals surface area contributed by atoms with Gasteiger partial charge in [-0.3, -0.25) is 4.79 Å². The van der Waals surface area contributed by atoms with E-state index >= 15 is 0 Å². The van der Waals surface area contributed by atoms with Gasteiger partial charge in [0.1, 0.15) is 19.8 Å². The number of hydrogen-bond donors (Lipinski definition) is 0. The lowest BCUT2D eigenvalue weighted by molar-refractivity contribution is -0.133. The van der Waals surface area contributed by atoms with Gasteiger partial charge in [-0.1, -0.05) is 30.3 Å². The molecular weight excluding hydrogens is 382 g/mol. The largest absolute Gasteiger partial charge is 0.486 e. The highest BCUT2D eigenvalue weighted by Crippen LogP contribution is 2.38. The van der Waals surface area contributed by atoms with E-state index in [1.807, 2.05) is 54.3 Å². The van der Waals surface area contributed by atoms with Gasteiger partial charge in [-0.15, -0.1) is 10.2 Å². The second-order valence-corrected chi connectivity index (χ2v) is 7.61. The Morgan fingerprint density at radius 3 is 2.83 bits per heavy atom. The number of fused-ring (bicyclic) bond motifs is 1. The third-order valence-corrected chi connectivity index (χ3v) is 5.64. The predicted octanol–water partition coefficient (Wildman–Crippen LogP) is 2.78. The molecule has 0 N–H and O–H groups in total. The van der Waals surface area contributed by atoms with Crippen LogP contribution in [0, 0.1) is 6.92 Å². The van der Waals surface area contributed by atoms with Crippen molar-refractivity contribution in [2.45, 2.75) is 32.4 Å². The topological polar surface area (TPSA) is 82.4 Å². The van der Waals surface area contributed by atoms with Gasteiger partial charge in [-0.2, -0.15) is 4.80 Å². The fourth-order valence-electron chi connectivity index (χ4n) is 4.13. The van der Waals surface area contributed by atoms with Gasteiger partial charge >= 0.3 is 0 Å². The van der Waals surface area contributed by atoms with Gasteiger partial charge in [-0.05, 0) is 48.2 Å². The molecule has 0 saturated carbocycles. The first-order valence-corrected chi connectivity index (χ1v) is 10.2. The summed E-state index contributed by atoms with van der Waals surface area (Å²) in [4.78, 5) is 16.3. The number of carbonyl (C=O) groups excluding carboxylic acids is 1. The lowest BCUT2D eigenvalue weighted by Gasteiger charge is -2.26. The molecule has 0 spiro atoms. The van der Waals surface area contributed by atoms with Crippen LogP contribution < -0.4 is 9.47 Å². The molecule has 0 bridgehead atoms. The van der Waals surface area contributed by atoms with E-state index in [9.17, 15) is 4.79 Å². The Morgan fingerprint density at radius 2 is 1.97 bits per heavy atom. The molecule has 0 radical (unpaired) electrons. The van der Waals surface area contributed by atoms with Crippen molar-refractivity contribution < 1.29 is 14.3 Å². The summed E-state index contributed by atoms with van der Waals surface area (Å²) in [5.74, 6) is 2.03. The molecule has 1 saturated heterocycles. The Morgan fingerprint density at radius 1 is 1.13 bits per heavy atom. The second kappa shape index (κ2) is 7.78. The Balaban J connectivity index is 1.32. The lowest BCUT2D eigenvalue weighted by Crippen LogP contribution is -2.34. The van der Waals surface area contributed by atoms with E-state index in [2.05, 4.69) is 15.4 Å². The molecular formula is C22H23N5O3. The number of ether oxygens (including phenoxy) is 2. The van der Waals surface area contributed by atoms with Crippen LogP contribution in [-0.4, -0.2) is 50.8 Å². The van der Waals surface area contributed by atoms with E-state index in [4.69, 9.17) is 9.47 Å². The molecule has 2 aliphatic rings. The number of rotatable bonds is 4. The minimum Gasteiger partial charge on any atom is -0.486 e. The first kappa shape index (κ1) is 18.6. The molecule has 154 valence electrons. The first-order valence-electron chi connectivity index (χ1n) is 10.2. The number of hydrogen-bond acceptors (Lipinski definition) is 6. The monoisotopic (exact) mass is 405 g/mol. The van der Waals surface area contributed by atoms with Crippen LogP contribution >= 0.6 is 0 Å². The summed E-state index contributed by atoms with van der Waals surface area (Å²) in [5.41, 5.74) is 3.06. The van der Waals surface area contributed by atoms with Crippen LogP contribution in [0.1, 0.15) is 30.0 Å². The van der Waals surface area contributed by atoms with E-state index in [-0.39, 0.29) is 18.5 Å². The molecule has 3 heterocycles. The average Bonchev–Trinajstić information content (AvgIpc) is 3.43. The van der Waals surface area contributed by atoms with Crippen molar-refractivity contribution in [2.24, 2.45) is 0 Å². The number of tetrazole rings is 1. The van der Waals surface area contributed by atoms with Crippen molar-refractivity contribution in [2.75, 3.05) is 19.8 Å². The molecule has 3 aromatic rings. The highest BCUT2D eigenvalue weighted by atomic mass is 16.6. The number of nitrogens with zero attached hydrogens (tertiary/aromatic N) is 5. The smallest absolute Gasteiger partial charge is 0.246 e. The maximum atomic E-state index is 13.0. The van der Waals surface area contributed by atoms with Gasteiger partial charge in [0.15, 0.2) is 11.5 Å². The van der Waals surface area contributed by atoms with Crippen LogP contribution in [0.2, 0.25) is 0 Å². The van der Waals surface area contributed by atoms with Crippen LogP contribution in [0.3, 0.4) is 0 Å². The molecule has 1 amide bonds. The predicted molar refractivity (Wildman–Crippen MR) is 109 cm³/mol. The molecule has 1 atom stereocenters. The van der Waals surface area contributed by atoms with Crippen LogP contribution in [0.5, 0.6) is 11.5 Å². The van der Waals surface area contributed by atoms with Crippen LogP contribution in [0.4, 0.5) is 0 Å². The van der Waals surface area contributed by atoms with Crippen molar-refractivity contribution >= 4 is 5.91 Å². The Hall–Kier alpha value is -3.42.